The zero-order valence-corrected chi connectivity index (χ0v) is 16.9. The number of urea groups is 1. The highest BCUT2D eigenvalue weighted by molar-refractivity contribution is 5.97. The van der Waals surface area contributed by atoms with Gasteiger partial charge in [0.05, 0.1) is 6.04 Å². The van der Waals surface area contributed by atoms with Crippen molar-refractivity contribution in [2.24, 2.45) is 11.3 Å². The van der Waals surface area contributed by atoms with E-state index in [2.05, 4.69) is 46.7 Å². The van der Waals surface area contributed by atoms with Crippen LogP contribution in [0.4, 0.5) is 10.5 Å². The van der Waals surface area contributed by atoms with E-state index < -0.39 is 0 Å². The first-order chi connectivity index (χ1) is 13.2. The van der Waals surface area contributed by atoms with Gasteiger partial charge in [-0.15, -0.1) is 0 Å². The number of amides is 3. The molecule has 1 heterocycles. The van der Waals surface area contributed by atoms with Crippen LogP contribution in [0.15, 0.2) is 30.5 Å². The fourth-order valence-corrected chi connectivity index (χ4v) is 2.91. The summed E-state index contributed by atoms with van der Waals surface area (Å²) in [5.41, 5.74) is 2.06. The number of rotatable bonds is 6. The lowest BCUT2D eigenvalue weighted by Crippen LogP contribution is -2.35. The number of aromatic nitrogens is 2. The van der Waals surface area contributed by atoms with Crippen LogP contribution in [0.2, 0.25) is 0 Å². The summed E-state index contributed by atoms with van der Waals surface area (Å²) in [5, 5.41) is 8.71. The Labute approximate surface area is 165 Å². The van der Waals surface area contributed by atoms with Crippen LogP contribution in [0.3, 0.4) is 0 Å². The summed E-state index contributed by atoms with van der Waals surface area (Å²) in [6.07, 6.45) is 3.94. The maximum absolute atomic E-state index is 12.8. The second-order valence-electron chi connectivity index (χ2n) is 8.69. The van der Waals surface area contributed by atoms with E-state index in [1.807, 2.05) is 6.92 Å². The van der Waals surface area contributed by atoms with E-state index in [1.165, 1.54) is 0 Å². The Balaban J connectivity index is 1.64. The van der Waals surface area contributed by atoms with Gasteiger partial charge in [0.2, 0.25) is 0 Å². The molecule has 2 aromatic rings. The molecule has 0 aliphatic heterocycles. The number of H-pyrrole nitrogens is 1. The smallest absolute Gasteiger partial charge is 0.319 e. The van der Waals surface area contributed by atoms with Crippen LogP contribution in [-0.4, -0.2) is 28.5 Å². The van der Waals surface area contributed by atoms with E-state index in [9.17, 15) is 9.59 Å². The van der Waals surface area contributed by atoms with Gasteiger partial charge >= 0.3 is 6.03 Å². The summed E-state index contributed by atoms with van der Waals surface area (Å²) in [5.74, 6) is 1.04. The topological polar surface area (TPSA) is 98.9 Å². The minimum absolute atomic E-state index is 0.00109. The number of aromatic amines is 1. The summed E-state index contributed by atoms with van der Waals surface area (Å²) < 4.78 is 0. The van der Waals surface area contributed by atoms with Crippen molar-refractivity contribution < 1.29 is 9.59 Å². The van der Waals surface area contributed by atoms with Crippen LogP contribution in [-0.2, 0) is 0 Å². The molecule has 1 atom stereocenters. The Morgan fingerprint density at radius 2 is 2.04 bits per heavy atom. The first-order valence-corrected chi connectivity index (χ1v) is 9.68. The second kappa shape index (κ2) is 8.04. The van der Waals surface area contributed by atoms with Crippen LogP contribution in [0.5, 0.6) is 0 Å². The molecule has 1 unspecified atom stereocenters. The Hall–Kier alpha value is -2.83. The Bertz CT molecular complexity index is 848. The minimum Gasteiger partial charge on any atom is -0.344 e. The lowest BCUT2D eigenvalue weighted by molar-refractivity contribution is 0.0929. The first kappa shape index (κ1) is 19.9. The van der Waals surface area contributed by atoms with Gasteiger partial charge in [-0.1, -0.05) is 26.8 Å². The van der Waals surface area contributed by atoms with Gasteiger partial charge in [0, 0.05) is 29.7 Å². The molecule has 1 aromatic carbocycles. The lowest BCUT2D eigenvalue weighted by Gasteiger charge is -2.19. The summed E-state index contributed by atoms with van der Waals surface area (Å²) in [6, 6.07) is 6.55. The molecule has 1 fully saturated rings. The number of nitrogens with zero attached hydrogens (tertiary/aromatic N) is 1. The number of carbonyl (C=O) groups excluding carboxylic acids is 2. The summed E-state index contributed by atoms with van der Waals surface area (Å²) in [4.78, 5) is 32.5. The van der Waals surface area contributed by atoms with E-state index in [-0.39, 0.29) is 23.4 Å². The number of anilines is 1. The zero-order valence-electron chi connectivity index (χ0n) is 16.9. The van der Waals surface area contributed by atoms with Crippen LogP contribution in [0.25, 0.3) is 0 Å². The van der Waals surface area contributed by atoms with Gasteiger partial charge in [0.1, 0.15) is 5.82 Å². The van der Waals surface area contributed by atoms with Crippen molar-refractivity contribution in [2.45, 2.75) is 46.6 Å². The maximum Gasteiger partial charge on any atom is 0.319 e. The fourth-order valence-electron chi connectivity index (χ4n) is 2.91. The molecule has 7 heteroatoms. The fraction of sp³-hybridized carbons (Fsp3) is 0.476. The molecule has 7 nitrogen and oxygen atoms in total. The first-order valence-electron chi connectivity index (χ1n) is 9.68. The van der Waals surface area contributed by atoms with Crippen molar-refractivity contribution in [1.82, 2.24) is 20.6 Å². The van der Waals surface area contributed by atoms with Crippen LogP contribution in [0, 0.1) is 18.3 Å². The highest BCUT2D eigenvalue weighted by Gasteiger charge is 2.35. The average Bonchev–Trinajstić information content (AvgIpc) is 3.38. The molecule has 1 aliphatic rings. The third-order valence-corrected chi connectivity index (χ3v) is 4.56. The average molecular weight is 383 g/mol. The van der Waals surface area contributed by atoms with E-state index in [0.717, 1.165) is 24.4 Å². The number of aryl methyl sites for hydroxylation is 1. The van der Waals surface area contributed by atoms with Crippen LogP contribution in [0.1, 0.15) is 61.5 Å². The number of imidazole rings is 1. The number of hydrogen-bond donors (Lipinski definition) is 4. The summed E-state index contributed by atoms with van der Waals surface area (Å²) in [6.45, 7) is 8.66. The summed E-state index contributed by atoms with van der Waals surface area (Å²) >= 11 is 0. The van der Waals surface area contributed by atoms with E-state index in [4.69, 9.17) is 0 Å². The molecule has 0 radical (unpaired) electrons. The molecular weight excluding hydrogens is 354 g/mol. The van der Waals surface area contributed by atoms with Gasteiger partial charge in [0.15, 0.2) is 0 Å². The highest BCUT2D eigenvalue weighted by Crippen LogP contribution is 2.40. The Morgan fingerprint density at radius 3 is 2.64 bits per heavy atom. The molecule has 0 saturated heterocycles. The molecule has 3 amide bonds. The van der Waals surface area contributed by atoms with Gasteiger partial charge in [-0.25, -0.2) is 9.78 Å². The predicted molar refractivity (Wildman–Crippen MR) is 109 cm³/mol. The number of nitrogens with one attached hydrogen (secondary N) is 4. The SMILES string of the molecule is Cc1cnc(C(NC(=O)c2cccc(NC(=O)NCC(C)(C)C)c2)C2CC2)[nH]1. The van der Waals surface area contributed by atoms with Gasteiger partial charge in [-0.3, -0.25) is 4.79 Å². The number of benzene rings is 1. The molecule has 28 heavy (non-hydrogen) atoms. The molecule has 3 rings (SSSR count). The van der Waals surface area contributed by atoms with Crippen molar-refractivity contribution in [2.75, 3.05) is 11.9 Å². The summed E-state index contributed by atoms with van der Waals surface area (Å²) in [7, 11) is 0. The van der Waals surface area contributed by atoms with Crippen molar-refractivity contribution in [3.8, 4) is 0 Å². The maximum atomic E-state index is 12.8. The van der Waals surface area contributed by atoms with E-state index in [0.29, 0.717) is 23.7 Å². The number of carbonyl (C=O) groups is 2. The van der Waals surface area contributed by atoms with Crippen LogP contribution < -0.4 is 16.0 Å². The third-order valence-electron chi connectivity index (χ3n) is 4.56. The Morgan fingerprint density at radius 1 is 1.29 bits per heavy atom. The molecule has 0 spiro atoms. The molecule has 1 saturated carbocycles. The monoisotopic (exact) mass is 383 g/mol. The molecule has 4 N–H and O–H groups in total. The molecule has 1 aromatic heterocycles. The van der Waals surface area contributed by atoms with E-state index in [1.54, 1.807) is 30.5 Å². The van der Waals surface area contributed by atoms with Gasteiger partial charge in [-0.2, -0.15) is 0 Å². The van der Waals surface area contributed by atoms with E-state index >= 15 is 0 Å². The largest absolute Gasteiger partial charge is 0.344 e. The normalized spacial score (nSPS) is 15.0. The van der Waals surface area contributed by atoms with Crippen molar-refractivity contribution in [1.29, 1.82) is 0 Å². The van der Waals surface area contributed by atoms with Crippen LogP contribution >= 0.6 is 0 Å². The van der Waals surface area contributed by atoms with Gasteiger partial charge in [-0.05, 0) is 49.3 Å². The number of hydrogen-bond acceptors (Lipinski definition) is 3. The highest BCUT2D eigenvalue weighted by atomic mass is 16.2. The van der Waals surface area contributed by atoms with Gasteiger partial charge in [0.25, 0.3) is 5.91 Å². The van der Waals surface area contributed by atoms with Crippen molar-refractivity contribution >= 4 is 17.6 Å². The minimum atomic E-state index is -0.283. The van der Waals surface area contributed by atoms with Gasteiger partial charge < -0.3 is 20.9 Å². The molecule has 1 aliphatic carbocycles. The molecular formula is C21H29N5O2. The molecule has 0 bridgehead atoms. The second-order valence-corrected chi connectivity index (χ2v) is 8.69. The van der Waals surface area contributed by atoms with Crippen molar-refractivity contribution in [3.05, 3.63) is 47.5 Å². The van der Waals surface area contributed by atoms with Crippen molar-refractivity contribution in [3.63, 3.8) is 0 Å². The lowest BCUT2D eigenvalue weighted by atomic mass is 9.97. The Kier molecular flexibility index (Phi) is 5.72. The standard InChI is InChI=1S/C21H29N5O2/c1-13-11-22-18(24-13)17(14-8-9-14)26-19(27)15-6-5-7-16(10-15)25-20(28)23-12-21(2,3)4/h5-7,10-11,14,17H,8-9,12H2,1-4H3,(H,22,24)(H,26,27)(H2,23,25,28). The predicted octanol–water partition coefficient (Wildman–Crippen LogP) is 3.77. The third kappa shape index (κ3) is 5.58. The quantitative estimate of drug-likeness (QED) is 0.611. The zero-order chi connectivity index (χ0) is 20.3. The molecule has 150 valence electrons.